The summed E-state index contributed by atoms with van der Waals surface area (Å²) < 4.78 is 0. The van der Waals surface area contributed by atoms with Crippen LogP contribution < -0.4 is 15.1 Å². The molecule has 6 nitrogen and oxygen atoms in total. The molecular formula is C23H28N6. The molecule has 3 aromatic rings. The van der Waals surface area contributed by atoms with Gasteiger partial charge in [-0.1, -0.05) is 38.1 Å². The standard InChI is InChI=1S/C23H28N6/c1-17(2)19-8-4-5-9-20(19)26-23-25-18(3)16-22(27-23)29-14-12-28(13-15-29)21-10-6-7-11-24-21/h4-11,16-17H,12-15H2,1-3H3,(H,25,26,27). The molecule has 0 bridgehead atoms. The van der Waals surface area contributed by atoms with E-state index in [0.29, 0.717) is 11.9 Å². The molecule has 1 N–H and O–H groups in total. The summed E-state index contributed by atoms with van der Waals surface area (Å²) in [6.07, 6.45) is 1.85. The molecule has 2 aromatic heterocycles. The van der Waals surface area contributed by atoms with Crippen LogP contribution in [0, 0.1) is 6.92 Å². The van der Waals surface area contributed by atoms with Gasteiger partial charge in [-0.3, -0.25) is 0 Å². The van der Waals surface area contributed by atoms with Gasteiger partial charge < -0.3 is 15.1 Å². The number of nitrogens with one attached hydrogen (secondary N) is 1. The van der Waals surface area contributed by atoms with Crippen LogP contribution in [0.2, 0.25) is 0 Å². The largest absolute Gasteiger partial charge is 0.353 e. The molecule has 1 fully saturated rings. The van der Waals surface area contributed by atoms with Crippen molar-refractivity contribution in [1.82, 2.24) is 15.0 Å². The molecule has 0 unspecified atom stereocenters. The normalized spacial score (nSPS) is 14.3. The second kappa shape index (κ2) is 8.47. The molecule has 1 aliphatic rings. The van der Waals surface area contributed by atoms with Gasteiger partial charge in [-0.05, 0) is 36.6 Å². The van der Waals surface area contributed by atoms with Crippen molar-refractivity contribution in [2.75, 3.05) is 41.3 Å². The molecule has 1 aromatic carbocycles. The maximum absolute atomic E-state index is 4.82. The monoisotopic (exact) mass is 388 g/mol. The highest BCUT2D eigenvalue weighted by atomic mass is 15.3. The van der Waals surface area contributed by atoms with Gasteiger partial charge in [-0.15, -0.1) is 0 Å². The summed E-state index contributed by atoms with van der Waals surface area (Å²) in [5, 5.41) is 3.44. The van der Waals surface area contributed by atoms with Crippen molar-refractivity contribution in [1.29, 1.82) is 0 Å². The average Bonchev–Trinajstić information content (AvgIpc) is 2.74. The van der Waals surface area contributed by atoms with Crippen molar-refractivity contribution in [3.8, 4) is 0 Å². The van der Waals surface area contributed by atoms with Crippen molar-refractivity contribution in [3.63, 3.8) is 0 Å². The van der Waals surface area contributed by atoms with Gasteiger partial charge in [0.2, 0.25) is 5.95 Å². The van der Waals surface area contributed by atoms with Crippen LogP contribution >= 0.6 is 0 Å². The molecule has 1 saturated heterocycles. The van der Waals surface area contributed by atoms with E-state index in [1.165, 1.54) is 5.56 Å². The van der Waals surface area contributed by atoms with E-state index in [9.17, 15) is 0 Å². The molecule has 4 rings (SSSR count). The zero-order valence-corrected chi connectivity index (χ0v) is 17.3. The summed E-state index contributed by atoms with van der Waals surface area (Å²) in [7, 11) is 0. The van der Waals surface area contributed by atoms with E-state index >= 15 is 0 Å². The molecule has 150 valence electrons. The first-order valence-electron chi connectivity index (χ1n) is 10.2. The van der Waals surface area contributed by atoms with Crippen molar-refractivity contribution in [3.05, 3.63) is 66.0 Å². The molecule has 0 aliphatic carbocycles. The second-order valence-corrected chi connectivity index (χ2v) is 7.72. The number of hydrogen-bond donors (Lipinski definition) is 1. The number of anilines is 4. The third kappa shape index (κ3) is 4.47. The third-order valence-corrected chi connectivity index (χ3v) is 5.25. The first-order valence-corrected chi connectivity index (χ1v) is 10.2. The lowest BCUT2D eigenvalue weighted by molar-refractivity contribution is 0.641. The molecule has 0 saturated carbocycles. The van der Waals surface area contributed by atoms with Gasteiger partial charge >= 0.3 is 0 Å². The Hall–Kier alpha value is -3.15. The van der Waals surface area contributed by atoms with Gasteiger partial charge in [-0.2, -0.15) is 4.98 Å². The lowest BCUT2D eigenvalue weighted by atomic mass is 10.0. The Morgan fingerprint density at radius 2 is 1.55 bits per heavy atom. The highest BCUT2D eigenvalue weighted by Gasteiger charge is 2.20. The number of aryl methyl sites for hydroxylation is 1. The summed E-state index contributed by atoms with van der Waals surface area (Å²) in [6.45, 7) is 10.1. The fourth-order valence-electron chi connectivity index (χ4n) is 3.71. The Bertz CT molecular complexity index is 949. The van der Waals surface area contributed by atoms with Crippen molar-refractivity contribution in [2.24, 2.45) is 0 Å². The first-order chi connectivity index (χ1) is 14.1. The van der Waals surface area contributed by atoms with E-state index in [1.807, 2.05) is 31.3 Å². The van der Waals surface area contributed by atoms with Gasteiger partial charge in [0.1, 0.15) is 11.6 Å². The molecule has 6 heteroatoms. The molecule has 1 aliphatic heterocycles. The Morgan fingerprint density at radius 1 is 0.862 bits per heavy atom. The molecule has 3 heterocycles. The molecular weight excluding hydrogens is 360 g/mol. The van der Waals surface area contributed by atoms with Crippen molar-refractivity contribution >= 4 is 23.3 Å². The Kier molecular flexibility index (Phi) is 5.60. The number of piperazine rings is 1. The third-order valence-electron chi connectivity index (χ3n) is 5.25. The minimum atomic E-state index is 0.433. The molecule has 0 amide bonds. The topological polar surface area (TPSA) is 57.2 Å². The quantitative estimate of drug-likeness (QED) is 0.700. The van der Waals surface area contributed by atoms with Gasteiger partial charge in [0.25, 0.3) is 0 Å². The van der Waals surface area contributed by atoms with Crippen molar-refractivity contribution < 1.29 is 0 Å². The molecule has 0 spiro atoms. The van der Waals surface area contributed by atoms with Crippen LogP contribution in [0.25, 0.3) is 0 Å². The van der Waals surface area contributed by atoms with Crippen LogP contribution in [0.1, 0.15) is 31.0 Å². The maximum Gasteiger partial charge on any atom is 0.229 e. The zero-order valence-electron chi connectivity index (χ0n) is 17.3. The van der Waals surface area contributed by atoms with Gasteiger partial charge in [0.05, 0.1) is 0 Å². The lowest BCUT2D eigenvalue weighted by Gasteiger charge is -2.36. The summed E-state index contributed by atoms with van der Waals surface area (Å²) >= 11 is 0. The molecule has 0 radical (unpaired) electrons. The SMILES string of the molecule is Cc1cc(N2CCN(c3ccccn3)CC2)nc(Nc2ccccc2C(C)C)n1. The number of nitrogens with zero attached hydrogens (tertiary/aromatic N) is 5. The fraction of sp³-hybridized carbons (Fsp3) is 0.348. The van der Waals surface area contributed by atoms with Crippen LogP contribution in [0.3, 0.4) is 0 Å². The summed E-state index contributed by atoms with van der Waals surface area (Å²) in [4.78, 5) is 18.6. The number of rotatable bonds is 5. The van der Waals surface area contributed by atoms with Gasteiger partial charge in [0, 0.05) is 49.8 Å². The number of hydrogen-bond acceptors (Lipinski definition) is 6. The van der Waals surface area contributed by atoms with Gasteiger partial charge in [0.15, 0.2) is 0 Å². The summed E-state index contributed by atoms with van der Waals surface area (Å²) in [6, 6.07) is 16.5. The molecule has 29 heavy (non-hydrogen) atoms. The van der Waals surface area contributed by atoms with E-state index in [-0.39, 0.29) is 0 Å². The van der Waals surface area contributed by atoms with Crippen LogP contribution in [0.15, 0.2) is 54.7 Å². The Labute approximate surface area is 172 Å². The minimum Gasteiger partial charge on any atom is -0.353 e. The minimum absolute atomic E-state index is 0.433. The van der Waals surface area contributed by atoms with Crippen LogP contribution in [0.5, 0.6) is 0 Å². The number of benzene rings is 1. The first kappa shape index (κ1) is 19.2. The van der Waals surface area contributed by atoms with Crippen molar-refractivity contribution in [2.45, 2.75) is 26.7 Å². The maximum atomic E-state index is 4.82. The van der Waals surface area contributed by atoms with E-state index in [4.69, 9.17) is 4.98 Å². The predicted octanol–water partition coefficient (Wildman–Crippen LogP) is 4.37. The Morgan fingerprint density at radius 3 is 2.24 bits per heavy atom. The van der Waals surface area contributed by atoms with E-state index < -0.39 is 0 Å². The highest BCUT2D eigenvalue weighted by Crippen LogP contribution is 2.27. The predicted molar refractivity (Wildman–Crippen MR) is 119 cm³/mol. The number of para-hydroxylation sites is 1. The Balaban J connectivity index is 1.50. The van der Waals surface area contributed by atoms with Crippen LogP contribution in [0.4, 0.5) is 23.3 Å². The summed E-state index contributed by atoms with van der Waals surface area (Å²) in [5.41, 5.74) is 3.30. The van der Waals surface area contributed by atoms with E-state index in [0.717, 1.165) is 49.2 Å². The number of pyridine rings is 1. The highest BCUT2D eigenvalue weighted by molar-refractivity contribution is 5.61. The van der Waals surface area contributed by atoms with E-state index in [2.05, 4.69) is 69.3 Å². The molecule has 0 atom stereocenters. The number of aromatic nitrogens is 3. The second-order valence-electron chi connectivity index (χ2n) is 7.72. The average molecular weight is 389 g/mol. The van der Waals surface area contributed by atoms with Crippen LogP contribution in [-0.2, 0) is 0 Å². The zero-order chi connectivity index (χ0) is 20.2. The van der Waals surface area contributed by atoms with Gasteiger partial charge in [-0.25, -0.2) is 9.97 Å². The van der Waals surface area contributed by atoms with Crippen LogP contribution in [-0.4, -0.2) is 41.1 Å². The summed E-state index contributed by atoms with van der Waals surface area (Å²) in [5.74, 6) is 3.10. The fourth-order valence-corrected chi connectivity index (χ4v) is 3.71. The lowest BCUT2D eigenvalue weighted by Crippen LogP contribution is -2.47. The smallest absolute Gasteiger partial charge is 0.229 e. The van der Waals surface area contributed by atoms with E-state index in [1.54, 1.807) is 0 Å².